The molecule has 0 bridgehead atoms. The van der Waals surface area contributed by atoms with Gasteiger partial charge in [-0.05, 0) is 30.9 Å². The Morgan fingerprint density at radius 3 is 2.89 bits per heavy atom. The molecular formula is C15H19NO3. The van der Waals surface area contributed by atoms with E-state index in [9.17, 15) is 9.59 Å². The van der Waals surface area contributed by atoms with E-state index < -0.39 is 0 Å². The lowest BCUT2D eigenvalue weighted by molar-refractivity contribution is -0.144. The standard InChI is InChI=1S/C15H19NO3/c1-2-19-15(18)10-9-14(17)16-13-8-7-11-5-3-4-6-12(11)13/h3-6,13H,2,7-10H2,1H3,(H,16,17). The minimum absolute atomic E-state index is 0.0882. The quantitative estimate of drug-likeness (QED) is 0.826. The summed E-state index contributed by atoms with van der Waals surface area (Å²) in [5.41, 5.74) is 2.50. The molecule has 0 saturated carbocycles. The van der Waals surface area contributed by atoms with E-state index in [2.05, 4.69) is 17.4 Å². The van der Waals surface area contributed by atoms with Gasteiger partial charge in [0.05, 0.1) is 19.1 Å². The number of fused-ring (bicyclic) bond motifs is 1. The van der Waals surface area contributed by atoms with E-state index >= 15 is 0 Å². The first-order chi connectivity index (χ1) is 9.20. The Morgan fingerprint density at radius 2 is 2.11 bits per heavy atom. The van der Waals surface area contributed by atoms with Crippen molar-refractivity contribution in [3.8, 4) is 0 Å². The third-order valence-corrected chi connectivity index (χ3v) is 3.33. The zero-order chi connectivity index (χ0) is 13.7. The second-order valence-electron chi connectivity index (χ2n) is 4.66. The molecule has 0 radical (unpaired) electrons. The highest BCUT2D eigenvalue weighted by molar-refractivity contribution is 5.81. The summed E-state index contributed by atoms with van der Waals surface area (Å²) in [6.07, 6.45) is 2.27. The van der Waals surface area contributed by atoms with Crippen molar-refractivity contribution in [2.24, 2.45) is 0 Å². The van der Waals surface area contributed by atoms with E-state index in [1.165, 1.54) is 11.1 Å². The number of rotatable bonds is 5. The van der Waals surface area contributed by atoms with Crippen molar-refractivity contribution < 1.29 is 14.3 Å². The number of nitrogens with one attached hydrogen (secondary N) is 1. The molecule has 1 N–H and O–H groups in total. The van der Waals surface area contributed by atoms with E-state index in [0.717, 1.165) is 12.8 Å². The normalized spacial score (nSPS) is 16.8. The summed E-state index contributed by atoms with van der Waals surface area (Å²) in [5.74, 6) is -0.403. The molecule has 0 aliphatic heterocycles. The third-order valence-electron chi connectivity index (χ3n) is 3.33. The van der Waals surface area contributed by atoms with E-state index in [1.807, 2.05) is 12.1 Å². The van der Waals surface area contributed by atoms with Crippen LogP contribution in [0.4, 0.5) is 0 Å². The smallest absolute Gasteiger partial charge is 0.306 e. The van der Waals surface area contributed by atoms with Crippen molar-refractivity contribution in [1.82, 2.24) is 5.32 Å². The van der Waals surface area contributed by atoms with Crippen LogP contribution in [0.3, 0.4) is 0 Å². The van der Waals surface area contributed by atoms with Gasteiger partial charge >= 0.3 is 5.97 Å². The topological polar surface area (TPSA) is 55.4 Å². The van der Waals surface area contributed by atoms with Crippen molar-refractivity contribution in [1.29, 1.82) is 0 Å². The lowest BCUT2D eigenvalue weighted by atomic mass is 10.1. The summed E-state index contributed by atoms with van der Waals surface area (Å²) < 4.78 is 4.80. The van der Waals surface area contributed by atoms with Gasteiger partial charge in [0.15, 0.2) is 0 Å². The first kappa shape index (κ1) is 13.6. The molecule has 1 aromatic rings. The van der Waals surface area contributed by atoms with Crippen LogP contribution in [0.25, 0.3) is 0 Å². The second kappa shape index (κ2) is 6.36. The van der Waals surface area contributed by atoms with Gasteiger partial charge in [0, 0.05) is 6.42 Å². The second-order valence-corrected chi connectivity index (χ2v) is 4.66. The highest BCUT2D eigenvalue weighted by atomic mass is 16.5. The average molecular weight is 261 g/mol. The number of ether oxygens (including phenoxy) is 1. The van der Waals surface area contributed by atoms with E-state index in [1.54, 1.807) is 6.92 Å². The van der Waals surface area contributed by atoms with Gasteiger partial charge in [0.25, 0.3) is 0 Å². The molecule has 0 saturated heterocycles. The number of carbonyl (C=O) groups is 2. The molecule has 4 nitrogen and oxygen atoms in total. The van der Waals surface area contributed by atoms with Crippen LogP contribution in [-0.4, -0.2) is 18.5 Å². The molecule has 0 spiro atoms. The molecule has 19 heavy (non-hydrogen) atoms. The van der Waals surface area contributed by atoms with E-state index in [-0.39, 0.29) is 30.8 Å². The number of hydrogen-bond acceptors (Lipinski definition) is 3. The van der Waals surface area contributed by atoms with Gasteiger partial charge in [-0.2, -0.15) is 0 Å². The zero-order valence-corrected chi connectivity index (χ0v) is 11.1. The van der Waals surface area contributed by atoms with Crippen LogP contribution >= 0.6 is 0 Å². The van der Waals surface area contributed by atoms with Crippen LogP contribution < -0.4 is 5.32 Å². The van der Waals surface area contributed by atoms with Crippen LogP contribution in [0.2, 0.25) is 0 Å². The molecule has 0 aromatic heterocycles. The lowest BCUT2D eigenvalue weighted by Gasteiger charge is -2.13. The Balaban J connectivity index is 1.82. The highest BCUT2D eigenvalue weighted by Gasteiger charge is 2.23. The molecule has 1 aromatic carbocycles. The Hall–Kier alpha value is -1.84. The van der Waals surface area contributed by atoms with Gasteiger partial charge in [-0.1, -0.05) is 24.3 Å². The van der Waals surface area contributed by atoms with E-state index in [0.29, 0.717) is 6.61 Å². The first-order valence-corrected chi connectivity index (χ1v) is 6.73. The maximum absolute atomic E-state index is 11.8. The summed E-state index contributed by atoms with van der Waals surface area (Å²) in [6, 6.07) is 8.25. The predicted octanol–water partition coefficient (Wildman–Crippen LogP) is 2.13. The Bertz CT molecular complexity index is 470. The number of benzene rings is 1. The summed E-state index contributed by atoms with van der Waals surface area (Å²) in [4.78, 5) is 23.0. The molecule has 1 aliphatic rings. The number of aryl methyl sites for hydroxylation is 1. The van der Waals surface area contributed by atoms with Crippen molar-refractivity contribution in [3.63, 3.8) is 0 Å². The van der Waals surface area contributed by atoms with Crippen LogP contribution in [-0.2, 0) is 20.7 Å². The fraction of sp³-hybridized carbons (Fsp3) is 0.467. The minimum atomic E-state index is -0.315. The summed E-state index contributed by atoms with van der Waals surface area (Å²) in [5, 5.41) is 2.99. The van der Waals surface area contributed by atoms with Crippen molar-refractivity contribution in [2.75, 3.05) is 6.61 Å². The minimum Gasteiger partial charge on any atom is -0.466 e. The van der Waals surface area contributed by atoms with E-state index in [4.69, 9.17) is 4.74 Å². The fourth-order valence-corrected chi connectivity index (χ4v) is 2.42. The molecule has 1 atom stereocenters. The maximum Gasteiger partial charge on any atom is 0.306 e. The fourth-order valence-electron chi connectivity index (χ4n) is 2.42. The van der Waals surface area contributed by atoms with Crippen LogP contribution in [0.1, 0.15) is 43.4 Å². The van der Waals surface area contributed by atoms with Gasteiger partial charge in [0.1, 0.15) is 0 Å². The molecule has 102 valence electrons. The predicted molar refractivity (Wildman–Crippen MR) is 71.5 cm³/mol. The van der Waals surface area contributed by atoms with Crippen LogP contribution in [0.15, 0.2) is 24.3 Å². The molecule has 2 rings (SSSR count). The van der Waals surface area contributed by atoms with Crippen LogP contribution in [0.5, 0.6) is 0 Å². The largest absolute Gasteiger partial charge is 0.466 e. The molecule has 1 unspecified atom stereocenters. The Kier molecular flexibility index (Phi) is 4.55. The molecule has 1 aliphatic carbocycles. The van der Waals surface area contributed by atoms with Gasteiger partial charge in [0.2, 0.25) is 5.91 Å². The van der Waals surface area contributed by atoms with Crippen molar-refractivity contribution in [3.05, 3.63) is 35.4 Å². The Morgan fingerprint density at radius 1 is 1.32 bits per heavy atom. The van der Waals surface area contributed by atoms with Gasteiger partial charge in [-0.25, -0.2) is 0 Å². The first-order valence-electron chi connectivity index (χ1n) is 6.73. The van der Waals surface area contributed by atoms with Crippen molar-refractivity contribution in [2.45, 2.75) is 38.6 Å². The van der Waals surface area contributed by atoms with Crippen molar-refractivity contribution >= 4 is 11.9 Å². The molecule has 1 amide bonds. The number of carbonyl (C=O) groups excluding carboxylic acids is 2. The molecular weight excluding hydrogens is 242 g/mol. The lowest BCUT2D eigenvalue weighted by Crippen LogP contribution is -2.27. The third kappa shape index (κ3) is 3.56. The Labute approximate surface area is 113 Å². The van der Waals surface area contributed by atoms with Gasteiger partial charge < -0.3 is 10.1 Å². The van der Waals surface area contributed by atoms with Gasteiger partial charge in [-0.3, -0.25) is 9.59 Å². The number of esters is 1. The molecule has 4 heteroatoms. The maximum atomic E-state index is 11.8. The molecule has 0 fully saturated rings. The highest BCUT2D eigenvalue weighted by Crippen LogP contribution is 2.30. The SMILES string of the molecule is CCOC(=O)CCC(=O)NC1CCc2ccccc21. The van der Waals surface area contributed by atoms with Gasteiger partial charge in [-0.15, -0.1) is 0 Å². The molecule has 0 heterocycles. The van der Waals surface area contributed by atoms with Crippen LogP contribution in [0, 0.1) is 0 Å². The average Bonchev–Trinajstić information content (AvgIpc) is 2.80. The zero-order valence-electron chi connectivity index (χ0n) is 11.1. The monoisotopic (exact) mass is 261 g/mol. The number of hydrogen-bond donors (Lipinski definition) is 1. The summed E-state index contributed by atoms with van der Waals surface area (Å²) >= 11 is 0. The summed E-state index contributed by atoms with van der Waals surface area (Å²) in [7, 11) is 0. The summed E-state index contributed by atoms with van der Waals surface area (Å²) in [6.45, 7) is 2.11. The number of amides is 1.